The Morgan fingerprint density at radius 1 is 0.886 bits per heavy atom. The van der Waals surface area contributed by atoms with Gasteiger partial charge in [-0.25, -0.2) is 4.79 Å². The van der Waals surface area contributed by atoms with Crippen molar-refractivity contribution in [3.8, 4) is 5.75 Å². The highest BCUT2D eigenvalue weighted by Gasteiger charge is 2.39. The van der Waals surface area contributed by atoms with E-state index in [0.29, 0.717) is 12.3 Å². The van der Waals surface area contributed by atoms with Crippen LogP contribution in [-0.2, 0) is 20.7 Å². The largest absolute Gasteiger partial charge is 0.508 e. The number of alkyl carbamates (subject to hydrolysis) is 1. The van der Waals surface area contributed by atoms with E-state index in [2.05, 4.69) is 31.4 Å². The summed E-state index contributed by atoms with van der Waals surface area (Å²) in [4.78, 5) is 43.8. The van der Waals surface area contributed by atoms with Gasteiger partial charge in [0.15, 0.2) is 0 Å². The number of amides is 3. The van der Waals surface area contributed by atoms with Gasteiger partial charge in [0.2, 0.25) is 11.8 Å². The molecular formula is C36H55N3O5. The predicted molar refractivity (Wildman–Crippen MR) is 177 cm³/mol. The van der Waals surface area contributed by atoms with E-state index in [-0.39, 0.29) is 36.1 Å². The number of benzene rings is 2. The Bertz CT molecular complexity index is 1220. The Labute approximate surface area is 264 Å². The van der Waals surface area contributed by atoms with Crippen molar-refractivity contribution in [2.45, 2.75) is 131 Å². The third-order valence-electron chi connectivity index (χ3n) is 7.45. The summed E-state index contributed by atoms with van der Waals surface area (Å²) in [5.41, 5.74) is 2.70. The van der Waals surface area contributed by atoms with Gasteiger partial charge < -0.3 is 25.4 Å². The molecule has 0 bridgehead atoms. The Morgan fingerprint density at radius 2 is 1.48 bits per heavy atom. The van der Waals surface area contributed by atoms with E-state index in [9.17, 15) is 19.5 Å². The minimum absolute atomic E-state index is 0.0727. The molecule has 244 valence electrons. The van der Waals surface area contributed by atoms with Gasteiger partial charge in [-0.05, 0) is 96.9 Å². The third-order valence-corrected chi connectivity index (χ3v) is 7.45. The number of carbonyl (C=O) groups excluding carboxylic acids is 3. The van der Waals surface area contributed by atoms with Crippen molar-refractivity contribution in [3.63, 3.8) is 0 Å². The highest BCUT2D eigenvalue weighted by molar-refractivity contribution is 5.92. The molecule has 0 saturated heterocycles. The molecule has 8 heteroatoms. The van der Waals surface area contributed by atoms with Crippen LogP contribution in [0.1, 0.15) is 109 Å². The number of rotatable bonds is 14. The second-order valence-corrected chi connectivity index (χ2v) is 13.7. The third kappa shape index (κ3) is 11.9. The van der Waals surface area contributed by atoms with Crippen LogP contribution in [0.4, 0.5) is 4.79 Å². The summed E-state index contributed by atoms with van der Waals surface area (Å²) in [6.07, 6.45) is 2.71. The molecule has 0 aliphatic rings. The van der Waals surface area contributed by atoms with Crippen molar-refractivity contribution in [2.75, 3.05) is 0 Å². The van der Waals surface area contributed by atoms with Crippen LogP contribution in [0.5, 0.6) is 5.75 Å². The molecule has 0 spiro atoms. The van der Waals surface area contributed by atoms with Crippen molar-refractivity contribution in [1.82, 2.24) is 15.5 Å². The number of hydrogen-bond donors (Lipinski definition) is 3. The highest BCUT2D eigenvalue weighted by atomic mass is 16.6. The monoisotopic (exact) mass is 609 g/mol. The first kappa shape index (κ1) is 36.6. The van der Waals surface area contributed by atoms with Crippen LogP contribution in [-0.4, -0.2) is 51.6 Å². The zero-order valence-corrected chi connectivity index (χ0v) is 28.5. The number of nitrogens with zero attached hydrogens (tertiary/aromatic N) is 1. The maximum absolute atomic E-state index is 14.8. The number of hydrogen-bond acceptors (Lipinski definition) is 5. The van der Waals surface area contributed by atoms with Crippen LogP contribution in [0, 0.1) is 19.8 Å². The van der Waals surface area contributed by atoms with Gasteiger partial charge in [-0.1, -0.05) is 68.7 Å². The molecule has 8 nitrogen and oxygen atoms in total. The van der Waals surface area contributed by atoms with Crippen molar-refractivity contribution < 1.29 is 24.2 Å². The first-order chi connectivity index (χ1) is 20.5. The van der Waals surface area contributed by atoms with Crippen LogP contribution in [0.3, 0.4) is 0 Å². The molecule has 0 aromatic heterocycles. The fourth-order valence-electron chi connectivity index (χ4n) is 5.44. The van der Waals surface area contributed by atoms with Gasteiger partial charge in [0.1, 0.15) is 23.4 Å². The lowest BCUT2D eigenvalue weighted by Gasteiger charge is -2.39. The van der Waals surface area contributed by atoms with Gasteiger partial charge in [-0.2, -0.15) is 0 Å². The molecule has 3 amide bonds. The first-order valence-electron chi connectivity index (χ1n) is 16.0. The summed E-state index contributed by atoms with van der Waals surface area (Å²) < 4.78 is 5.56. The SMILES string of the molecule is CCCC(C)NC(=O)C(c1cc(C)cc(C)c1)N(C(=O)C(Cc1ccc(O)cc1)NC(=O)OC(C)(C)C)C(C)CCC(C)C. The summed E-state index contributed by atoms with van der Waals surface area (Å²) in [7, 11) is 0. The number of carbonyl (C=O) groups is 3. The van der Waals surface area contributed by atoms with Gasteiger partial charge >= 0.3 is 6.09 Å². The lowest BCUT2D eigenvalue weighted by atomic mass is 9.94. The zero-order valence-electron chi connectivity index (χ0n) is 28.5. The minimum atomic E-state index is -1.02. The van der Waals surface area contributed by atoms with Gasteiger partial charge in [0.05, 0.1) is 0 Å². The van der Waals surface area contributed by atoms with Gasteiger partial charge in [0.25, 0.3) is 0 Å². The smallest absolute Gasteiger partial charge is 0.408 e. The molecule has 0 aliphatic heterocycles. The summed E-state index contributed by atoms with van der Waals surface area (Å²) >= 11 is 0. The van der Waals surface area contributed by atoms with Crippen molar-refractivity contribution >= 4 is 17.9 Å². The van der Waals surface area contributed by atoms with Crippen molar-refractivity contribution in [3.05, 3.63) is 64.7 Å². The second-order valence-electron chi connectivity index (χ2n) is 13.7. The van der Waals surface area contributed by atoms with E-state index in [1.54, 1.807) is 49.9 Å². The van der Waals surface area contributed by atoms with Crippen molar-refractivity contribution in [2.24, 2.45) is 5.92 Å². The highest BCUT2D eigenvalue weighted by Crippen LogP contribution is 2.30. The Balaban J connectivity index is 2.70. The normalized spacial score (nSPS) is 14.3. The molecule has 0 aliphatic carbocycles. The van der Waals surface area contributed by atoms with Crippen LogP contribution in [0.15, 0.2) is 42.5 Å². The molecule has 4 unspecified atom stereocenters. The second kappa shape index (κ2) is 16.5. The maximum Gasteiger partial charge on any atom is 0.408 e. The van der Waals surface area contributed by atoms with E-state index in [0.717, 1.165) is 41.5 Å². The van der Waals surface area contributed by atoms with Gasteiger partial charge in [-0.15, -0.1) is 0 Å². The molecule has 2 rings (SSSR count). The number of ether oxygens (including phenoxy) is 1. The number of phenolic OH excluding ortho intramolecular Hbond substituents is 1. The molecule has 0 saturated carbocycles. The van der Waals surface area contributed by atoms with E-state index in [4.69, 9.17) is 4.74 Å². The van der Waals surface area contributed by atoms with Gasteiger partial charge in [-0.3, -0.25) is 9.59 Å². The predicted octanol–water partition coefficient (Wildman–Crippen LogP) is 7.14. The quantitative estimate of drug-likeness (QED) is 0.211. The fourth-order valence-corrected chi connectivity index (χ4v) is 5.44. The fraction of sp³-hybridized carbons (Fsp3) is 0.583. The number of aromatic hydroxyl groups is 1. The summed E-state index contributed by atoms with van der Waals surface area (Å²) in [5.74, 6) is -0.113. The van der Waals surface area contributed by atoms with Crippen LogP contribution in [0.2, 0.25) is 0 Å². The number of nitrogens with one attached hydrogen (secondary N) is 2. The molecule has 0 radical (unpaired) electrons. The van der Waals surface area contributed by atoms with E-state index in [1.807, 2.05) is 45.9 Å². The molecular weight excluding hydrogens is 554 g/mol. The van der Waals surface area contributed by atoms with E-state index in [1.165, 1.54) is 0 Å². The lowest BCUT2D eigenvalue weighted by molar-refractivity contribution is -0.145. The van der Waals surface area contributed by atoms with Crippen molar-refractivity contribution in [1.29, 1.82) is 0 Å². The zero-order chi connectivity index (χ0) is 33.2. The Hall–Kier alpha value is -3.55. The Kier molecular flexibility index (Phi) is 13.7. The van der Waals surface area contributed by atoms with Crippen LogP contribution >= 0.6 is 0 Å². The number of aryl methyl sites for hydroxylation is 2. The summed E-state index contributed by atoms with van der Waals surface area (Å²) in [5, 5.41) is 15.8. The minimum Gasteiger partial charge on any atom is -0.508 e. The number of phenols is 1. The molecule has 0 fully saturated rings. The van der Waals surface area contributed by atoms with E-state index < -0.39 is 23.8 Å². The summed E-state index contributed by atoms with van der Waals surface area (Å²) in [6.45, 7) is 19.6. The first-order valence-corrected chi connectivity index (χ1v) is 16.0. The maximum atomic E-state index is 14.8. The summed E-state index contributed by atoms with van der Waals surface area (Å²) in [6, 6.07) is 10.2. The molecule has 2 aromatic rings. The van der Waals surface area contributed by atoms with Crippen LogP contribution < -0.4 is 10.6 Å². The Morgan fingerprint density at radius 3 is 2.00 bits per heavy atom. The molecule has 44 heavy (non-hydrogen) atoms. The topological polar surface area (TPSA) is 108 Å². The average Bonchev–Trinajstić information content (AvgIpc) is 2.89. The van der Waals surface area contributed by atoms with E-state index >= 15 is 0 Å². The van der Waals surface area contributed by atoms with Crippen LogP contribution in [0.25, 0.3) is 0 Å². The molecule has 0 heterocycles. The standard InChI is InChI=1S/C36H55N3O5/c1-11-12-26(6)37-33(41)32(29-20-24(4)19-25(5)21-29)39(27(7)14-13-23(2)3)34(42)31(38-35(43)44-36(8,9)10)22-28-15-17-30(40)18-16-28/h15-21,23,26-27,31-32,40H,11-14,22H2,1-10H3,(H,37,41)(H,38,43). The molecule has 4 atom stereocenters. The molecule has 3 N–H and O–H groups in total. The lowest BCUT2D eigenvalue weighted by Crippen LogP contribution is -2.56. The average molecular weight is 610 g/mol. The molecule has 2 aromatic carbocycles. The van der Waals surface area contributed by atoms with Gasteiger partial charge in [0, 0.05) is 18.5 Å².